The third-order valence-electron chi connectivity index (χ3n) is 8.36. The van der Waals surface area contributed by atoms with Crippen molar-refractivity contribution >= 4 is 38.5 Å². The minimum Gasteiger partial charge on any atom is -0.379 e. The predicted molar refractivity (Wildman–Crippen MR) is 150 cm³/mol. The number of hydrogen-bond donors (Lipinski definition) is 1. The molecular formula is C27H34FN7O5S. The second kappa shape index (κ2) is 11.2. The van der Waals surface area contributed by atoms with Crippen LogP contribution in [0.3, 0.4) is 0 Å². The molecule has 3 aliphatic rings. The highest BCUT2D eigenvalue weighted by molar-refractivity contribution is 7.91. The van der Waals surface area contributed by atoms with Crippen LogP contribution < -0.4 is 15.1 Å². The zero-order valence-corrected chi connectivity index (χ0v) is 23.7. The van der Waals surface area contributed by atoms with Crippen molar-refractivity contribution in [1.29, 1.82) is 0 Å². The first-order chi connectivity index (χ1) is 19.8. The van der Waals surface area contributed by atoms with Crippen LogP contribution in [-0.4, -0.2) is 85.9 Å². The van der Waals surface area contributed by atoms with Crippen LogP contribution >= 0.6 is 0 Å². The SMILES string of the molecule is CON(c1ccc(F)cc1)S(=O)(=O)n1nc(C2CCC2)c2c(N3CCC(N4CCOCC4)CC3)cc(C(N)=O)nc21. The van der Waals surface area contributed by atoms with Gasteiger partial charge in [0, 0.05) is 38.1 Å². The highest BCUT2D eigenvalue weighted by atomic mass is 32.2. The molecule has 0 bridgehead atoms. The number of nitrogens with zero attached hydrogens (tertiary/aromatic N) is 6. The molecule has 12 nitrogen and oxygen atoms in total. The molecule has 4 heterocycles. The van der Waals surface area contributed by atoms with Crippen LogP contribution in [-0.2, 0) is 19.8 Å². The summed E-state index contributed by atoms with van der Waals surface area (Å²) in [7, 11) is -3.31. The third kappa shape index (κ3) is 5.13. The Morgan fingerprint density at radius 2 is 1.78 bits per heavy atom. The van der Waals surface area contributed by atoms with Crippen molar-refractivity contribution in [2.24, 2.45) is 5.73 Å². The Kier molecular flexibility index (Phi) is 7.57. The van der Waals surface area contributed by atoms with Crippen molar-refractivity contribution in [3.05, 3.63) is 47.5 Å². The Balaban J connectivity index is 1.45. The van der Waals surface area contributed by atoms with E-state index in [1.54, 1.807) is 6.07 Å². The highest BCUT2D eigenvalue weighted by Crippen LogP contribution is 2.43. The largest absolute Gasteiger partial charge is 0.379 e. The molecule has 1 aromatic carbocycles. The van der Waals surface area contributed by atoms with Crippen molar-refractivity contribution < 1.29 is 27.2 Å². The van der Waals surface area contributed by atoms with Gasteiger partial charge in [-0.25, -0.2) is 9.37 Å². The maximum Gasteiger partial charge on any atom is 0.370 e. The lowest BCUT2D eigenvalue weighted by Gasteiger charge is -2.41. The number of hydrogen-bond acceptors (Lipinski definition) is 9. The number of rotatable bonds is 8. The van der Waals surface area contributed by atoms with E-state index in [9.17, 15) is 17.6 Å². The molecule has 6 rings (SSSR count). The number of halogens is 1. The number of amides is 1. The van der Waals surface area contributed by atoms with Gasteiger partial charge in [0.25, 0.3) is 5.91 Å². The highest BCUT2D eigenvalue weighted by Gasteiger charge is 2.36. The van der Waals surface area contributed by atoms with Crippen LogP contribution in [0.15, 0.2) is 30.3 Å². The molecule has 0 unspecified atom stereocenters. The number of morpholine rings is 1. The number of benzene rings is 1. The zero-order chi connectivity index (χ0) is 28.7. The molecule has 0 atom stereocenters. The lowest BCUT2D eigenvalue weighted by atomic mass is 9.82. The summed E-state index contributed by atoms with van der Waals surface area (Å²) in [5, 5.41) is 5.21. The van der Waals surface area contributed by atoms with E-state index in [2.05, 4.69) is 19.9 Å². The normalized spacial score (nSPS) is 19.4. The lowest BCUT2D eigenvalue weighted by molar-refractivity contribution is 0.0115. The van der Waals surface area contributed by atoms with Crippen LogP contribution in [0.2, 0.25) is 0 Å². The molecule has 41 heavy (non-hydrogen) atoms. The number of anilines is 2. The molecule has 2 aromatic heterocycles. The average Bonchev–Trinajstić information content (AvgIpc) is 3.33. The van der Waals surface area contributed by atoms with Crippen molar-refractivity contribution in [2.45, 2.75) is 44.1 Å². The van der Waals surface area contributed by atoms with Gasteiger partial charge in [-0.05, 0) is 56.0 Å². The number of nitrogens with two attached hydrogens (primary N) is 1. The zero-order valence-electron chi connectivity index (χ0n) is 22.9. The fraction of sp³-hybridized carbons (Fsp3) is 0.519. The first-order valence-corrected chi connectivity index (χ1v) is 15.3. The Morgan fingerprint density at radius 3 is 2.37 bits per heavy atom. The molecule has 1 amide bonds. The number of carbonyl (C=O) groups is 1. The summed E-state index contributed by atoms with van der Waals surface area (Å²) in [6, 6.07) is 6.96. The monoisotopic (exact) mass is 587 g/mol. The minimum absolute atomic E-state index is 0.0117. The van der Waals surface area contributed by atoms with Gasteiger partial charge in [-0.15, -0.1) is 8.56 Å². The van der Waals surface area contributed by atoms with Crippen molar-refractivity contribution in [1.82, 2.24) is 19.1 Å². The Hall–Kier alpha value is -3.33. The van der Waals surface area contributed by atoms with Crippen LogP contribution in [0.1, 0.15) is 54.2 Å². The smallest absolute Gasteiger partial charge is 0.370 e. The average molecular weight is 588 g/mol. The number of primary amides is 1. The van der Waals surface area contributed by atoms with Gasteiger partial charge in [-0.2, -0.15) is 13.5 Å². The Morgan fingerprint density at radius 1 is 1.10 bits per heavy atom. The first kappa shape index (κ1) is 27.8. The first-order valence-electron chi connectivity index (χ1n) is 13.9. The van der Waals surface area contributed by atoms with Gasteiger partial charge in [-0.3, -0.25) is 14.5 Å². The topological polar surface area (TPSA) is 136 Å². The lowest BCUT2D eigenvalue weighted by Crippen LogP contribution is -2.49. The maximum absolute atomic E-state index is 14.0. The van der Waals surface area contributed by atoms with Crippen LogP contribution in [0.5, 0.6) is 0 Å². The molecule has 220 valence electrons. The second-order valence-electron chi connectivity index (χ2n) is 10.7. The summed E-state index contributed by atoms with van der Waals surface area (Å²) >= 11 is 0. The van der Waals surface area contributed by atoms with Gasteiger partial charge in [0.1, 0.15) is 11.5 Å². The third-order valence-corrected chi connectivity index (χ3v) is 9.83. The van der Waals surface area contributed by atoms with E-state index >= 15 is 0 Å². The molecule has 3 aromatic rings. The Bertz CT molecular complexity index is 1530. The Labute approximate surface area is 237 Å². The molecule has 0 radical (unpaired) electrons. The quantitative estimate of drug-likeness (QED) is 0.394. The molecule has 1 aliphatic carbocycles. The summed E-state index contributed by atoms with van der Waals surface area (Å²) in [4.78, 5) is 26.8. The fourth-order valence-electron chi connectivity index (χ4n) is 5.98. The number of fused-ring (bicyclic) bond motifs is 1. The van der Waals surface area contributed by atoms with E-state index in [0.29, 0.717) is 27.3 Å². The molecule has 2 aliphatic heterocycles. The molecular weight excluding hydrogens is 553 g/mol. The van der Waals surface area contributed by atoms with Gasteiger partial charge in [0.15, 0.2) is 5.65 Å². The van der Waals surface area contributed by atoms with E-state index in [1.807, 2.05) is 0 Å². The predicted octanol–water partition coefficient (Wildman–Crippen LogP) is 2.40. The summed E-state index contributed by atoms with van der Waals surface area (Å²) in [6.45, 7) is 4.75. The standard InChI is InChI=1S/C27H34FN7O5S/c1-39-35(21-7-5-19(28)6-8-21)41(37,38)34-27-24(25(31-34)18-3-2-4-18)23(17-22(30-27)26(29)36)33-11-9-20(10-12-33)32-13-15-40-16-14-32/h5-8,17-18,20H,2-4,9-16H2,1H3,(H2,29,36). The van der Waals surface area contributed by atoms with Gasteiger partial charge >= 0.3 is 10.2 Å². The molecule has 1 saturated carbocycles. The van der Waals surface area contributed by atoms with Gasteiger partial charge < -0.3 is 15.4 Å². The molecule has 0 spiro atoms. The van der Waals surface area contributed by atoms with E-state index in [1.165, 1.54) is 19.2 Å². The van der Waals surface area contributed by atoms with Crippen molar-refractivity contribution in [3.63, 3.8) is 0 Å². The van der Waals surface area contributed by atoms with Crippen LogP contribution in [0, 0.1) is 5.82 Å². The number of piperidine rings is 1. The minimum atomic E-state index is -4.51. The van der Waals surface area contributed by atoms with E-state index < -0.39 is 21.9 Å². The van der Waals surface area contributed by atoms with Gasteiger partial charge in [0.05, 0.1) is 42.8 Å². The molecule has 2 saturated heterocycles. The number of carbonyl (C=O) groups excluding carboxylic acids is 1. The summed E-state index contributed by atoms with van der Waals surface area (Å²) in [5.74, 6) is -1.23. The number of pyridine rings is 1. The maximum atomic E-state index is 14.0. The second-order valence-corrected chi connectivity index (χ2v) is 12.3. The summed E-state index contributed by atoms with van der Waals surface area (Å²) in [5.41, 5.74) is 7.06. The van der Waals surface area contributed by atoms with Crippen LogP contribution in [0.25, 0.3) is 11.0 Å². The van der Waals surface area contributed by atoms with Crippen molar-refractivity contribution in [2.75, 3.05) is 55.9 Å². The summed E-state index contributed by atoms with van der Waals surface area (Å²) < 4.78 is 48.6. The van der Waals surface area contributed by atoms with E-state index in [-0.39, 0.29) is 22.9 Å². The molecule has 14 heteroatoms. The van der Waals surface area contributed by atoms with Crippen molar-refractivity contribution in [3.8, 4) is 0 Å². The number of ether oxygens (including phenoxy) is 1. The van der Waals surface area contributed by atoms with E-state index in [0.717, 1.165) is 87.7 Å². The number of aromatic nitrogens is 3. The van der Waals surface area contributed by atoms with Gasteiger partial charge in [-0.1, -0.05) is 6.42 Å². The van der Waals surface area contributed by atoms with Gasteiger partial charge in [0.2, 0.25) is 0 Å². The fourth-order valence-corrected chi connectivity index (χ4v) is 7.24. The van der Waals surface area contributed by atoms with Crippen LogP contribution in [0.4, 0.5) is 15.8 Å². The van der Waals surface area contributed by atoms with E-state index in [4.69, 9.17) is 15.3 Å². The molecule has 2 N–H and O–H groups in total. The summed E-state index contributed by atoms with van der Waals surface area (Å²) in [6.07, 6.45) is 4.59. The molecule has 3 fully saturated rings.